The maximum atomic E-state index is 11.4. The number of aromatic carboxylic acids is 1. The maximum Gasteiger partial charge on any atom is 0.337 e. The number of phenolic OH excluding ortho intramolecular Hbond substituents is 2. The average molecular weight is 1120 g/mol. The number of rotatable bonds is 8. The number of carboxylic acid groups (broad SMARTS) is 1. The molecule has 6 aromatic carbocycles. The van der Waals surface area contributed by atoms with Gasteiger partial charge in [0, 0.05) is 27.9 Å². The lowest BCUT2D eigenvalue weighted by atomic mass is 10.1. The van der Waals surface area contributed by atoms with Crippen molar-refractivity contribution in [1.29, 1.82) is 0 Å². The van der Waals surface area contributed by atoms with Gasteiger partial charge < -0.3 is 55.5 Å². The predicted molar refractivity (Wildman–Crippen MR) is 247 cm³/mol. The van der Waals surface area contributed by atoms with E-state index in [1.807, 2.05) is 0 Å². The number of nitrogen functional groups attached to an aromatic ring is 7. The number of nitrogens with two attached hydrogens (primary N) is 7. The van der Waals surface area contributed by atoms with Crippen molar-refractivity contribution in [2.24, 2.45) is 0 Å². The van der Waals surface area contributed by atoms with Crippen molar-refractivity contribution in [3.05, 3.63) is 82.4 Å². The number of phenols is 2. The summed E-state index contributed by atoms with van der Waals surface area (Å²) >= 11 is 0. The van der Waals surface area contributed by atoms with E-state index in [4.69, 9.17) is 63.5 Å². The Morgan fingerprint density at radius 1 is 0.451 bits per heavy atom. The van der Waals surface area contributed by atoms with Crippen LogP contribution in [0.1, 0.15) is 10.4 Å². The zero-order valence-electron chi connectivity index (χ0n) is 34.4. The second-order valence-electron chi connectivity index (χ2n) is 13.5. The van der Waals surface area contributed by atoms with Crippen molar-refractivity contribution in [3.8, 4) is 11.5 Å². The third-order valence-electron chi connectivity index (χ3n) is 8.85. The number of carboxylic acids is 1. The van der Waals surface area contributed by atoms with Crippen LogP contribution in [0, 0.1) is 10.1 Å². The van der Waals surface area contributed by atoms with Crippen LogP contribution < -0.4 is 40.1 Å². The number of nitro benzene ring substituents is 1. The Hall–Kier alpha value is -7.63. The fourth-order valence-corrected chi connectivity index (χ4v) is 9.47. The van der Waals surface area contributed by atoms with Crippen LogP contribution >= 0.6 is 0 Å². The SMILES string of the molecule is Nc1cc(S(=O)(=O)O)c2cc(S(=O)(=O)O)c(N)c(O)c2c1N.Nc1ccc(S(=O)(=O)O)cc1C(=O)O.Nc1ccc(S(=O)(=O)O)cc1[N+](=O)[O-].Nc1ccc2c(O)c(N)c(S(=O)(=O)O)cc2c1S(=O)(=O)O. The molecule has 6 aromatic rings. The maximum absolute atomic E-state index is 11.4. The molecular weight excluding hydrogens is 1080 g/mol. The van der Waals surface area contributed by atoms with E-state index in [1.165, 1.54) is 6.07 Å². The summed E-state index contributed by atoms with van der Waals surface area (Å²) < 4.78 is 187. The molecule has 0 saturated carbocycles. The number of anilines is 7. The van der Waals surface area contributed by atoms with Crippen LogP contribution in [0.15, 0.2) is 96.1 Å². The third kappa shape index (κ3) is 13.2. The van der Waals surface area contributed by atoms with Gasteiger partial charge in [-0.25, -0.2) is 4.79 Å². The van der Waals surface area contributed by atoms with Gasteiger partial charge in [-0.05, 0) is 60.7 Å². The highest BCUT2D eigenvalue weighted by Gasteiger charge is 2.28. The molecular formula is C33H34N8O24S6. The van der Waals surface area contributed by atoms with E-state index in [-0.39, 0.29) is 44.8 Å². The van der Waals surface area contributed by atoms with Gasteiger partial charge in [-0.1, -0.05) is 0 Å². The van der Waals surface area contributed by atoms with Gasteiger partial charge >= 0.3 is 5.97 Å². The first-order valence-electron chi connectivity index (χ1n) is 17.4. The van der Waals surface area contributed by atoms with Gasteiger partial charge in [-0.3, -0.25) is 37.4 Å². The fraction of sp³-hybridized carbons (Fsp3) is 0. The normalized spacial score (nSPS) is 12.1. The topological polar surface area (TPSA) is 629 Å². The molecule has 0 spiro atoms. The third-order valence-corrected chi connectivity index (χ3v) is 14.2. The first-order valence-corrected chi connectivity index (χ1v) is 26.1. The van der Waals surface area contributed by atoms with Gasteiger partial charge in [0.25, 0.3) is 66.4 Å². The zero-order chi connectivity index (χ0) is 55.1. The number of benzene rings is 6. The average Bonchev–Trinajstić information content (AvgIpc) is 3.19. The summed E-state index contributed by atoms with van der Waals surface area (Å²) in [5, 5.41) is 37.4. The minimum Gasteiger partial charge on any atom is -0.505 e. The largest absolute Gasteiger partial charge is 0.505 e. The molecule has 0 fully saturated rings. The van der Waals surface area contributed by atoms with Crippen LogP contribution in [-0.4, -0.2) is 104 Å². The van der Waals surface area contributed by atoms with E-state index in [9.17, 15) is 84.7 Å². The standard InChI is InChI=1S/C10H11N3O7S2.C10H10N2O7S2.C7H7NO5S.C6H6N2O5S/c11-4-2-5(21(15,16)17)3-1-6(22(18,19)20)9(13)10(14)7(3)8(4)12;11-6-2-1-4-5(10(6)21(17,18)19)3-7(20(14,15)16)8(12)9(4)13;8-6-2-1-4(14(11,12)13)3-5(6)7(9)10;7-5-2-1-4(14(11,12)13)3-6(5)8(9)10/h1-2,14H,11-13H2,(H,15,16,17)(H,18,19,20);1-3,13H,11-12H2,(H,14,15,16)(H,17,18,19);1-3H,8H2,(H,9,10)(H,11,12,13);1-3H,7H2,(H,11,12,13). The molecule has 0 heterocycles. The monoisotopic (exact) mass is 1120 g/mol. The highest BCUT2D eigenvalue weighted by molar-refractivity contribution is 7.87. The van der Waals surface area contributed by atoms with E-state index in [0.717, 1.165) is 42.5 Å². The number of nitro groups is 1. The van der Waals surface area contributed by atoms with Gasteiger partial charge in [-0.2, -0.15) is 50.5 Å². The van der Waals surface area contributed by atoms with Crippen LogP contribution in [0.4, 0.5) is 45.5 Å². The van der Waals surface area contributed by atoms with Crippen LogP contribution in [-0.2, 0) is 60.7 Å². The summed E-state index contributed by atoms with van der Waals surface area (Å²) in [6.07, 6.45) is 0. The lowest BCUT2D eigenvalue weighted by Gasteiger charge is -2.14. The van der Waals surface area contributed by atoms with Gasteiger partial charge in [0.2, 0.25) is 0 Å². The second-order valence-corrected chi connectivity index (χ2v) is 21.9. The highest BCUT2D eigenvalue weighted by Crippen LogP contribution is 2.44. The smallest absolute Gasteiger partial charge is 0.337 e. The summed E-state index contributed by atoms with van der Waals surface area (Å²) in [7, 11) is -28.2. The molecule has 0 amide bonds. The molecule has 32 nitrogen and oxygen atoms in total. The van der Waals surface area contributed by atoms with E-state index < -0.39 is 140 Å². The summed E-state index contributed by atoms with van der Waals surface area (Å²) in [5.74, 6) is -3.00. The van der Waals surface area contributed by atoms with Gasteiger partial charge in [0.15, 0.2) is 0 Å². The Labute approximate surface area is 398 Å². The number of aromatic hydroxyl groups is 2. The number of hydrogen-bond acceptors (Lipinski definition) is 24. The van der Waals surface area contributed by atoms with Gasteiger partial charge in [0.1, 0.15) is 41.7 Å². The first kappa shape index (κ1) is 57.7. The minimum absolute atomic E-state index is 0.0649. The molecule has 0 bridgehead atoms. The summed E-state index contributed by atoms with van der Waals surface area (Å²) in [4.78, 5) is 15.6. The Kier molecular flexibility index (Phi) is 16.3. The van der Waals surface area contributed by atoms with Crippen LogP contribution in [0.25, 0.3) is 21.5 Å². The molecule has 0 aromatic heterocycles. The van der Waals surface area contributed by atoms with Crippen molar-refractivity contribution in [2.45, 2.75) is 29.4 Å². The van der Waals surface area contributed by atoms with Crippen LogP contribution in [0.5, 0.6) is 11.5 Å². The molecule has 0 unspecified atom stereocenters. The van der Waals surface area contributed by atoms with Crippen LogP contribution in [0.2, 0.25) is 0 Å². The molecule has 0 aliphatic rings. The molecule has 0 radical (unpaired) electrons. The summed E-state index contributed by atoms with van der Waals surface area (Å²) in [5.41, 5.74) is 34.4. The van der Waals surface area contributed by atoms with Crippen molar-refractivity contribution < 1.29 is 103 Å². The van der Waals surface area contributed by atoms with E-state index >= 15 is 0 Å². The lowest BCUT2D eigenvalue weighted by Crippen LogP contribution is -2.08. The Balaban J connectivity index is 0.000000256. The molecule has 0 saturated heterocycles. The van der Waals surface area contributed by atoms with E-state index in [1.54, 1.807) is 0 Å². The number of hydrogen-bond donors (Lipinski definition) is 16. The molecule has 6 rings (SSSR count). The van der Waals surface area contributed by atoms with Gasteiger partial charge in [0.05, 0.1) is 49.2 Å². The first-order chi connectivity index (χ1) is 31.9. The predicted octanol–water partition coefficient (Wildman–Crippen LogP) is 0.626. The minimum atomic E-state index is -4.87. The van der Waals surface area contributed by atoms with Gasteiger partial charge in [-0.15, -0.1) is 0 Å². The molecule has 38 heteroatoms. The number of nitrogens with zero attached hydrogens (tertiary/aromatic N) is 1. The van der Waals surface area contributed by atoms with E-state index in [2.05, 4.69) is 0 Å². The van der Waals surface area contributed by atoms with E-state index in [0.29, 0.717) is 18.2 Å². The second kappa shape index (κ2) is 20.0. The Morgan fingerprint density at radius 2 is 0.873 bits per heavy atom. The summed E-state index contributed by atoms with van der Waals surface area (Å²) in [6, 6.07) is 10.1. The molecule has 0 aliphatic carbocycles. The number of fused-ring (bicyclic) bond motifs is 2. The van der Waals surface area contributed by atoms with Crippen molar-refractivity contribution in [2.75, 3.05) is 40.1 Å². The molecule has 0 aliphatic heterocycles. The van der Waals surface area contributed by atoms with Crippen molar-refractivity contribution in [1.82, 2.24) is 0 Å². The zero-order valence-corrected chi connectivity index (χ0v) is 39.3. The molecule has 0 atom stereocenters. The Morgan fingerprint density at radius 3 is 1.30 bits per heavy atom. The highest BCUT2D eigenvalue weighted by atomic mass is 32.2. The van der Waals surface area contributed by atoms with Crippen molar-refractivity contribution in [3.63, 3.8) is 0 Å². The summed E-state index contributed by atoms with van der Waals surface area (Å²) in [6.45, 7) is 0. The van der Waals surface area contributed by atoms with Crippen molar-refractivity contribution >= 4 is 134 Å². The quantitative estimate of drug-likeness (QED) is 0.0327. The molecule has 386 valence electrons. The molecule has 71 heavy (non-hydrogen) atoms. The lowest BCUT2D eigenvalue weighted by molar-refractivity contribution is -0.384. The number of carbonyl (C=O) groups is 1. The fourth-order valence-electron chi connectivity index (χ4n) is 5.66. The molecule has 23 N–H and O–H groups in total. The Bertz CT molecular complexity index is 3840. The van der Waals surface area contributed by atoms with Crippen LogP contribution in [0.3, 0.4) is 0 Å².